The third-order valence-electron chi connectivity index (χ3n) is 4.88. The van der Waals surface area contributed by atoms with Crippen molar-refractivity contribution in [1.29, 1.82) is 0 Å². The van der Waals surface area contributed by atoms with Crippen molar-refractivity contribution in [3.8, 4) is 0 Å². The molecule has 29 heavy (non-hydrogen) atoms. The number of nitrogens with zero attached hydrogens (tertiary/aromatic N) is 2. The Balaban J connectivity index is 1.44. The molecule has 1 N–H and O–H groups in total. The number of amides is 2. The summed E-state index contributed by atoms with van der Waals surface area (Å²) in [5.41, 5.74) is 2.53. The number of hydrogen-bond donors (Lipinski definition) is 1. The van der Waals surface area contributed by atoms with Crippen LogP contribution in [-0.4, -0.2) is 35.3 Å². The summed E-state index contributed by atoms with van der Waals surface area (Å²) in [7, 11) is 0. The summed E-state index contributed by atoms with van der Waals surface area (Å²) < 4.78 is 6.22. The molecule has 0 bridgehead atoms. The largest absolute Gasteiger partial charge is 0.444 e. The van der Waals surface area contributed by atoms with Gasteiger partial charge in [0, 0.05) is 12.8 Å². The number of nitrogens with one attached hydrogen (secondary N) is 1. The van der Waals surface area contributed by atoms with Gasteiger partial charge in [0.1, 0.15) is 17.3 Å². The number of oxime groups is 1. The van der Waals surface area contributed by atoms with Crippen molar-refractivity contribution in [2.45, 2.75) is 31.6 Å². The van der Waals surface area contributed by atoms with Crippen LogP contribution in [0.15, 0.2) is 59.8 Å². The van der Waals surface area contributed by atoms with Gasteiger partial charge in [0.15, 0.2) is 6.10 Å². The van der Waals surface area contributed by atoms with Gasteiger partial charge in [0.25, 0.3) is 0 Å². The molecular formula is C21H20BrN3O4. The molecule has 2 amide bonds. The predicted octanol–water partition coefficient (Wildman–Crippen LogP) is 3.37. The number of carbonyl (C=O) groups excluding carboxylic acids is 2. The molecule has 0 saturated carbocycles. The number of halogens is 1. The minimum atomic E-state index is -0.665. The Bertz CT molecular complexity index is 935. The standard InChI is InChI=1S/C21H20BrN3O4/c22-19-11-16(29-24-19)12-23-20(26)18-10-15-8-4-5-9-17(15)25(18)21(27)28-13-14-6-2-1-3-7-14/h1-9,16,18H,10-13H2,(H,23,26). The summed E-state index contributed by atoms with van der Waals surface area (Å²) in [5, 5.41) is 6.69. The number of hydrogen-bond acceptors (Lipinski definition) is 5. The monoisotopic (exact) mass is 457 g/mol. The minimum Gasteiger partial charge on any atom is -0.444 e. The second-order valence-electron chi connectivity index (χ2n) is 6.90. The molecule has 2 atom stereocenters. The summed E-state index contributed by atoms with van der Waals surface area (Å²) in [6, 6.07) is 16.3. The van der Waals surface area contributed by atoms with Crippen LogP contribution in [0.1, 0.15) is 17.5 Å². The lowest BCUT2D eigenvalue weighted by Crippen LogP contribution is -2.49. The molecule has 2 unspecified atom stereocenters. The topological polar surface area (TPSA) is 80.2 Å². The summed E-state index contributed by atoms with van der Waals surface area (Å²) in [4.78, 5) is 32.4. The van der Waals surface area contributed by atoms with Crippen LogP contribution in [0, 0.1) is 0 Å². The van der Waals surface area contributed by atoms with E-state index in [9.17, 15) is 9.59 Å². The lowest BCUT2D eigenvalue weighted by Gasteiger charge is -2.24. The molecule has 150 valence electrons. The molecule has 2 aliphatic rings. The number of ether oxygens (including phenoxy) is 1. The van der Waals surface area contributed by atoms with Crippen molar-refractivity contribution in [2.75, 3.05) is 11.4 Å². The van der Waals surface area contributed by atoms with Crippen LogP contribution in [0.2, 0.25) is 0 Å². The van der Waals surface area contributed by atoms with Gasteiger partial charge in [-0.15, -0.1) is 0 Å². The number of para-hydroxylation sites is 1. The van der Waals surface area contributed by atoms with Gasteiger partial charge in [-0.25, -0.2) is 4.79 Å². The first-order valence-corrected chi connectivity index (χ1v) is 10.1. The van der Waals surface area contributed by atoms with Crippen LogP contribution in [0.5, 0.6) is 0 Å². The van der Waals surface area contributed by atoms with Crippen LogP contribution >= 0.6 is 15.9 Å². The van der Waals surface area contributed by atoms with Crippen LogP contribution in [0.25, 0.3) is 0 Å². The highest BCUT2D eigenvalue weighted by atomic mass is 79.9. The van der Waals surface area contributed by atoms with Gasteiger partial charge >= 0.3 is 6.09 Å². The Kier molecular flexibility index (Phi) is 5.80. The van der Waals surface area contributed by atoms with E-state index < -0.39 is 12.1 Å². The molecule has 4 rings (SSSR count). The van der Waals surface area contributed by atoms with Crippen molar-refractivity contribution in [1.82, 2.24) is 5.32 Å². The maximum absolute atomic E-state index is 12.9. The van der Waals surface area contributed by atoms with Gasteiger partial charge < -0.3 is 14.9 Å². The van der Waals surface area contributed by atoms with Gasteiger partial charge in [-0.1, -0.05) is 53.7 Å². The summed E-state index contributed by atoms with van der Waals surface area (Å²) in [6.07, 6.45) is 0.292. The minimum absolute atomic E-state index is 0.147. The van der Waals surface area contributed by atoms with Crippen LogP contribution in [0.4, 0.5) is 10.5 Å². The molecule has 2 heterocycles. The first-order valence-electron chi connectivity index (χ1n) is 9.35. The van der Waals surface area contributed by atoms with E-state index in [2.05, 4.69) is 26.4 Å². The van der Waals surface area contributed by atoms with E-state index in [1.165, 1.54) is 4.90 Å². The van der Waals surface area contributed by atoms with Gasteiger partial charge in [-0.05, 0) is 33.1 Å². The van der Waals surface area contributed by atoms with Crippen molar-refractivity contribution >= 4 is 38.2 Å². The van der Waals surface area contributed by atoms with Gasteiger partial charge in [-0.2, -0.15) is 0 Å². The second-order valence-corrected chi connectivity index (χ2v) is 7.82. The molecule has 0 fully saturated rings. The molecule has 0 saturated heterocycles. The van der Waals surface area contributed by atoms with E-state index in [4.69, 9.17) is 9.57 Å². The first-order chi connectivity index (χ1) is 14.1. The number of fused-ring (bicyclic) bond motifs is 1. The molecule has 0 spiro atoms. The third-order valence-corrected chi connectivity index (χ3v) is 5.35. The zero-order chi connectivity index (χ0) is 20.2. The Labute approximate surface area is 176 Å². The SMILES string of the molecule is O=C(NCC1CC(Br)=NO1)C1Cc2ccccc2N1C(=O)OCc1ccccc1. The quantitative estimate of drug-likeness (QED) is 0.746. The zero-order valence-corrected chi connectivity index (χ0v) is 17.2. The zero-order valence-electron chi connectivity index (χ0n) is 15.6. The maximum atomic E-state index is 12.9. The van der Waals surface area contributed by atoms with E-state index in [1.54, 1.807) is 0 Å². The highest BCUT2D eigenvalue weighted by Crippen LogP contribution is 2.33. The Hall–Kier alpha value is -2.87. The Morgan fingerprint density at radius 1 is 1.14 bits per heavy atom. The molecule has 0 aliphatic carbocycles. The average Bonchev–Trinajstić information content (AvgIpc) is 3.34. The first kappa shape index (κ1) is 19.4. The molecule has 0 radical (unpaired) electrons. The molecule has 2 aromatic rings. The van der Waals surface area contributed by atoms with Crippen LogP contribution < -0.4 is 10.2 Å². The van der Waals surface area contributed by atoms with Gasteiger partial charge in [0.2, 0.25) is 5.91 Å². The Morgan fingerprint density at radius 2 is 1.90 bits per heavy atom. The molecular weight excluding hydrogens is 438 g/mol. The normalized spacial score (nSPS) is 19.9. The van der Waals surface area contributed by atoms with Crippen LogP contribution in [0.3, 0.4) is 0 Å². The maximum Gasteiger partial charge on any atom is 0.415 e. The van der Waals surface area contributed by atoms with Crippen molar-refractivity contribution < 1.29 is 19.2 Å². The van der Waals surface area contributed by atoms with E-state index in [0.717, 1.165) is 15.7 Å². The lowest BCUT2D eigenvalue weighted by atomic mass is 10.1. The smallest absolute Gasteiger partial charge is 0.415 e. The van der Waals surface area contributed by atoms with Crippen molar-refractivity contribution in [3.05, 3.63) is 65.7 Å². The second kappa shape index (κ2) is 8.65. The molecule has 2 aromatic carbocycles. The number of rotatable bonds is 5. The highest BCUT2D eigenvalue weighted by Gasteiger charge is 2.39. The molecule has 7 nitrogen and oxygen atoms in total. The summed E-state index contributed by atoms with van der Waals surface area (Å²) in [5.74, 6) is -0.246. The average molecular weight is 458 g/mol. The predicted molar refractivity (Wildman–Crippen MR) is 112 cm³/mol. The Morgan fingerprint density at radius 3 is 2.66 bits per heavy atom. The van der Waals surface area contributed by atoms with Crippen molar-refractivity contribution in [2.24, 2.45) is 5.16 Å². The highest BCUT2D eigenvalue weighted by molar-refractivity contribution is 9.18. The fourth-order valence-corrected chi connectivity index (χ4v) is 3.89. The number of carbonyl (C=O) groups is 2. The van der Waals surface area contributed by atoms with Gasteiger partial charge in [0.05, 0.1) is 12.2 Å². The summed E-state index contributed by atoms with van der Waals surface area (Å²) >= 11 is 3.28. The van der Waals surface area contributed by atoms with Crippen molar-refractivity contribution in [3.63, 3.8) is 0 Å². The molecule has 0 aromatic heterocycles. The van der Waals surface area contributed by atoms with Crippen LogP contribution in [-0.2, 0) is 27.4 Å². The third kappa shape index (κ3) is 4.42. The van der Waals surface area contributed by atoms with E-state index >= 15 is 0 Å². The number of anilines is 1. The fourth-order valence-electron chi connectivity index (χ4n) is 3.45. The number of benzene rings is 2. The lowest BCUT2D eigenvalue weighted by molar-refractivity contribution is -0.122. The van der Waals surface area contributed by atoms with E-state index in [-0.39, 0.29) is 18.6 Å². The van der Waals surface area contributed by atoms with Gasteiger partial charge in [-0.3, -0.25) is 9.69 Å². The molecule has 8 heteroatoms. The molecule has 2 aliphatic heterocycles. The summed E-state index contributed by atoms with van der Waals surface area (Å²) in [6.45, 7) is 0.463. The van der Waals surface area contributed by atoms with E-state index in [0.29, 0.717) is 25.1 Å². The van der Waals surface area contributed by atoms with E-state index in [1.807, 2.05) is 54.6 Å². The fraction of sp³-hybridized carbons (Fsp3) is 0.286.